The highest BCUT2D eigenvalue weighted by molar-refractivity contribution is 9.10. The lowest BCUT2D eigenvalue weighted by Crippen LogP contribution is -2.21. The molecule has 16 heavy (non-hydrogen) atoms. The van der Waals surface area contributed by atoms with Gasteiger partial charge in [0.2, 0.25) is 0 Å². The van der Waals surface area contributed by atoms with Crippen LogP contribution in [0.5, 0.6) is 0 Å². The first kappa shape index (κ1) is 11.8. The first-order chi connectivity index (χ1) is 7.74. The standard InChI is InChI=1S/C12H17BrN2O/c1-2-7-15-12(10(13)8-14-15)9-5-3-4-6-11(9)16/h8-9H,2-7H2,1H3. The Labute approximate surface area is 104 Å². The van der Waals surface area contributed by atoms with E-state index in [9.17, 15) is 4.79 Å². The normalized spacial score (nSPS) is 21.4. The third-order valence-corrected chi connectivity index (χ3v) is 3.76. The van der Waals surface area contributed by atoms with Crippen molar-refractivity contribution in [2.45, 2.75) is 51.5 Å². The molecule has 4 heteroatoms. The minimum Gasteiger partial charge on any atom is -0.299 e. The molecule has 2 rings (SSSR count). The highest BCUT2D eigenvalue weighted by atomic mass is 79.9. The van der Waals surface area contributed by atoms with E-state index in [1.165, 1.54) is 0 Å². The topological polar surface area (TPSA) is 34.9 Å². The minimum atomic E-state index is 0.0668. The summed E-state index contributed by atoms with van der Waals surface area (Å²) in [5, 5.41) is 4.33. The van der Waals surface area contributed by atoms with Crippen molar-refractivity contribution in [2.24, 2.45) is 0 Å². The molecule has 0 saturated heterocycles. The van der Waals surface area contributed by atoms with Gasteiger partial charge in [0.1, 0.15) is 5.78 Å². The van der Waals surface area contributed by atoms with Gasteiger partial charge in [0.05, 0.1) is 22.3 Å². The molecule has 0 radical (unpaired) electrons. The van der Waals surface area contributed by atoms with Crippen LogP contribution in [0, 0.1) is 0 Å². The predicted octanol–water partition coefficient (Wildman–Crippen LogP) is 3.28. The Kier molecular flexibility index (Phi) is 3.79. The molecular formula is C12H17BrN2O. The van der Waals surface area contributed by atoms with Gasteiger partial charge in [-0.1, -0.05) is 13.3 Å². The van der Waals surface area contributed by atoms with Crippen LogP contribution in [0.4, 0.5) is 0 Å². The van der Waals surface area contributed by atoms with Crippen LogP contribution in [0.25, 0.3) is 0 Å². The molecule has 1 aromatic heterocycles. The second kappa shape index (κ2) is 5.13. The van der Waals surface area contributed by atoms with Crippen molar-refractivity contribution in [1.82, 2.24) is 9.78 Å². The molecule has 1 heterocycles. The zero-order valence-corrected chi connectivity index (χ0v) is 11.2. The molecule has 0 aromatic carbocycles. The van der Waals surface area contributed by atoms with Crippen molar-refractivity contribution in [3.8, 4) is 0 Å². The molecule has 1 atom stereocenters. The summed E-state index contributed by atoms with van der Waals surface area (Å²) in [5.41, 5.74) is 1.09. The number of nitrogens with zero attached hydrogens (tertiary/aromatic N) is 2. The number of rotatable bonds is 3. The van der Waals surface area contributed by atoms with E-state index in [1.54, 1.807) is 0 Å². The Morgan fingerprint density at radius 2 is 2.38 bits per heavy atom. The zero-order chi connectivity index (χ0) is 11.5. The van der Waals surface area contributed by atoms with E-state index in [1.807, 2.05) is 10.9 Å². The Morgan fingerprint density at radius 1 is 1.56 bits per heavy atom. The van der Waals surface area contributed by atoms with Crippen LogP contribution in [-0.4, -0.2) is 15.6 Å². The summed E-state index contributed by atoms with van der Waals surface area (Å²) in [6, 6.07) is 0. The molecule has 3 nitrogen and oxygen atoms in total. The van der Waals surface area contributed by atoms with Crippen molar-refractivity contribution in [1.29, 1.82) is 0 Å². The lowest BCUT2D eigenvalue weighted by atomic mass is 9.85. The summed E-state index contributed by atoms with van der Waals surface area (Å²) in [7, 11) is 0. The third kappa shape index (κ3) is 2.21. The average Bonchev–Trinajstić information content (AvgIpc) is 2.62. The predicted molar refractivity (Wildman–Crippen MR) is 66.4 cm³/mol. The maximum atomic E-state index is 11.9. The van der Waals surface area contributed by atoms with Crippen LogP contribution in [0.3, 0.4) is 0 Å². The van der Waals surface area contributed by atoms with Crippen LogP contribution < -0.4 is 0 Å². The first-order valence-electron chi connectivity index (χ1n) is 5.98. The third-order valence-electron chi connectivity index (χ3n) is 3.15. The molecule has 1 aliphatic carbocycles. The van der Waals surface area contributed by atoms with Gasteiger partial charge in [-0.15, -0.1) is 0 Å². The maximum absolute atomic E-state index is 11.9. The molecule has 88 valence electrons. The number of aromatic nitrogens is 2. The van der Waals surface area contributed by atoms with Crippen LogP contribution in [0.15, 0.2) is 10.7 Å². The molecule has 0 amide bonds. The van der Waals surface area contributed by atoms with Crippen LogP contribution in [-0.2, 0) is 11.3 Å². The number of halogens is 1. The fraction of sp³-hybridized carbons (Fsp3) is 0.667. The fourth-order valence-electron chi connectivity index (χ4n) is 2.38. The van der Waals surface area contributed by atoms with Gasteiger partial charge in [0.25, 0.3) is 0 Å². The molecular weight excluding hydrogens is 268 g/mol. The van der Waals surface area contributed by atoms with E-state index in [0.717, 1.165) is 48.8 Å². The highest BCUT2D eigenvalue weighted by Gasteiger charge is 2.28. The number of aryl methyl sites for hydroxylation is 1. The van der Waals surface area contributed by atoms with Gasteiger partial charge in [-0.05, 0) is 35.2 Å². The van der Waals surface area contributed by atoms with Crippen molar-refractivity contribution >= 4 is 21.7 Å². The Morgan fingerprint density at radius 3 is 3.06 bits per heavy atom. The van der Waals surface area contributed by atoms with Gasteiger partial charge in [-0.3, -0.25) is 9.48 Å². The van der Waals surface area contributed by atoms with Gasteiger partial charge in [-0.2, -0.15) is 5.10 Å². The van der Waals surface area contributed by atoms with Crippen LogP contribution in [0.2, 0.25) is 0 Å². The van der Waals surface area contributed by atoms with Crippen LogP contribution in [0.1, 0.15) is 50.6 Å². The molecule has 1 unspecified atom stereocenters. The summed E-state index contributed by atoms with van der Waals surface area (Å²) in [6.45, 7) is 3.02. The second-order valence-corrected chi connectivity index (χ2v) is 5.22. The summed E-state index contributed by atoms with van der Waals surface area (Å²) in [6.07, 6.45) is 6.77. The molecule has 0 N–H and O–H groups in total. The largest absolute Gasteiger partial charge is 0.299 e. The zero-order valence-electron chi connectivity index (χ0n) is 9.58. The average molecular weight is 285 g/mol. The van der Waals surface area contributed by atoms with Crippen molar-refractivity contribution in [2.75, 3.05) is 0 Å². The Hall–Kier alpha value is -0.640. The number of hydrogen-bond acceptors (Lipinski definition) is 2. The summed E-state index contributed by atoms with van der Waals surface area (Å²) in [4.78, 5) is 11.9. The molecule has 1 aliphatic rings. The lowest BCUT2D eigenvalue weighted by Gasteiger charge is -2.22. The number of carbonyl (C=O) groups is 1. The first-order valence-corrected chi connectivity index (χ1v) is 6.77. The maximum Gasteiger partial charge on any atom is 0.141 e. The lowest BCUT2D eigenvalue weighted by molar-refractivity contribution is -0.122. The molecule has 1 fully saturated rings. The van der Waals surface area contributed by atoms with Crippen molar-refractivity contribution in [3.05, 3.63) is 16.4 Å². The number of Topliss-reactive ketones (excluding diaryl/α,β-unsaturated/α-hetero) is 1. The van der Waals surface area contributed by atoms with Gasteiger partial charge in [0.15, 0.2) is 0 Å². The summed E-state index contributed by atoms with van der Waals surface area (Å²) >= 11 is 3.51. The molecule has 1 saturated carbocycles. The minimum absolute atomic E-state index is 0.0668. The van der Waals surface area contributed by atoms with E-state index in [0.29, 0.717) is 5.78 Å². The number of ketones is 1. The van der Waals surface area contributed by atoms with Crippen molar-refractivity contribution in [3.63, 3.8) is 0 Å². The fourth-order valence-corrected chi connectivity index (χ4v) is 2.95. The van der Waals surface area contributed by atoms with Crippen LogP contribution >= 0.6 is 15.9 Å². The quantitative estimate of drug-likeness (QED) is 0.854. The smallest absolute Gasteiger partial charge is 0.141 e. The van der Waals surface area contributed by atoms with Gasteiger partial charge in [0, 0.05) is 13.0 Å². The Balaban J connectivity index is 2.29. The highest BCUT2D eigenvalue weighted by Crippen LogP contribution is 2.34. The monoisotopic (exact) mass is 284 g/mol. The SMILES string of the molecule is CCCn1ncc(Br)c1C1CCCCC1=O. The van der Waals surface area contributed by atoms with Gasteiger partial charge >= 0.3 is 0 Å². The number of carbonyl (C=O) groups excluding carboxylic acids is 1. The van der Waals surface area contributed by atoms with Gasteiger partial charge < -0.3 is 0 Å². The Bertz CT molecular complexity index is 386. The van der Waals surface area contributed by atoms with E-state index < -0.39 is 0 Å². The van der Waals surface area contributed by atoms with E-state index in [-0.39, 0.29) is 5.92 Å². The van der Waals surface area contributed by atoms with E-state index in [4.69, 9.17) is 0 Å². The molecule has 0 bridgehead atoms. The molecule has 0 aliphatic heterocycles. The molecule has 0 spiro atoms. The second-order valence-electron chi connectivity index (χ2n) is 4.37. The summed E-state index contributed by atoms with van der Waals surface area (Å²) < 4.78 is 2.97. The number of hydrogen-bond donors (Lipinski definition) is 0. The molecule has 1 aromatic rings. The van der Waals surface area contributed by atoms with Crippen molar-refractivity contribution < 1.29 is 4.79 Å². The summed E-state index contributed by atoms with van der Waals surface area (Å²) in [5.74, 6) is 0.446. The van der Waals surface area contributed by atoms with E-state index >= 15 is 0 Å². The van der Waals surface area contributed by atoms with Gasteiger partial charge in [-0.25, -0.2) is 0 Å². The van der Waals surface area contributed by atoms with E-state index in [2.05, 4.69) is 28.0 Å².